The van der Waals surface area contributed by atoms with Crippen LogP contribution in [-0.4, -0.2) is 35.2 Å². The standard InChI is InChI=1S/C2H6N2.C2H2O4.Ag/c3-1-2-4;3-1(4)2(5)6;/h3-4H,1-2H2;(H,3,4)(H,5,6);/q-2;;. The van der Waals surface area contributed by atoms with E-state index in [4.69, 9.17) is 31.3 Å². The number of hydrogen-bond donors (Lipinski definition) is 2. The van der Waals surface area contributed by atoms with Gasteiger partial charge in [0.25, 0.3) is 0 Å². The zero-order valence-electron chi connectivity index (χ0n) is 5.43. The topological polar surface area (TPSA) is 122 Å². The summed E-state index contributed by atoms with van der Waals surface area (Å²) < 4.78 is 0. The van der Waals surface area contributed by atoms with E-state index in [9.17, 15) is 0 Å². The molecule has 0 heterocycles. The van der Waals surface area contributed by atoms with Crippen molar-refractivity contribution in [1.82, 2.24) is 0 Å². The zero-order valence-corrected chi connectivity index (χ0v) is 6.91. The molecule has 0 aliphatic heterocycles. The van der Waals surface area contributed by atoms with Crippen LogP contribution in [0.1, 0.15) is 0 Å². The van der Waals surface area contributed by atoms with Crippen molar-refractivity contribution in [3.8, 4) is 0 Å². The maximum Gasteiger partial charge on any atom is 0.414 e. The summed E-state index contributed by atoms with van der Waals surface area (Å²) >= 11 is 0. The van der Waals surface area contributed by atoms with Gasteiger partial charge >= 0.3 is 11.9 Å². The van der Waals surface area contributed by atoms with Crippen LogP contribution >= 0.6 is 0 Å². The first-order valence-electron chi connectivity index (χ1n) is 2.31. The second kappa shape index (κ2) is 12.3. The Balaban J connectivity index is -0.000000114. The molecule has 0 aliphatic rings. The SMILES string of the molecule is O=C(O)C(=O)O.[Ag].[NH-]CC[NH-]. The number of carbonyl (C=O) groups is 2. The molecular formula is C4H8AgN2O4-2. The van der Waals surface area contributed by atoms with Gasteiger partial charge in [0.2, 0.25) is 0 Å². The van der Waals surface area contributed by atoms with E-state index in [1.165, 1.54) is 0 Å². The summed E-state index contributed by atoms with van der Waals surface area (Å²) in [6.45, 7) is 0.472. The molecule has 0 atom stereocenters. The molecule has 0 aliphatic carbocycles. The van der Waals surface area contributed by atoms with E-state index < -0.39 is 11.9 Å². The third kappa shape index (κ3) is 26.2. The Kier molecular flexibility index (Phi) is 18.9. The molecule has 4 N–H and O–H groups in total. The van der Waals surface area contributed by atoms with Crippen LogP contribution in [0.4, 0.5) is 0 Å². The van der Waals surface area contributed by atoms with Crippen LogP contribution in [0, 0.1) is 0 Å². The van der Waals surface area contributed by atoms with Crippen molar-refractivity contribution in [2.75, 3.05) is 13.1 Å². The summed E-state index contributed by atoms with van der Waals surface area (Å²) in [5.41, 5.74) is 12.5. The van der Waals surface area contributed by atoms with E-state index in [0.29, 0.717) is 0 Å². The smallest absolute Gasteiger partial charge is 0.414 e. The Hall–Kier alpha value is -0.400. The van der Waals surface area contributed by atoms with Gasteiger partial charge < -0.3 is 21.7 Å². The number of aliphatic carboxylic acids is 2. The number of hydrogen-bond acceptors (Lipinski definition) is 2. The van der Waals surface area contributed by atoms with Crippen LogP contribution in [0.25, 0.3) is 11.5 Å². The van der Waals surface area contributed by atoms with Gasteiger partial charge in [-0.1, -0.05) is 0 Å². The average Bonchev–Trinajstić information content (AvgIpc) is 1.89. The minimum atomic E-state index is -1.82. The van der Waals surface area contributed by atoms with Crippen molar-refractivity contribution in [3.63, 3.8) is 0 Å². The van der Waals surface area contributed by atoms with E-state index in [1.807, 2.05) is 0 Å². The molecule has 0 aromatic rings. The minimum absolute atomic E-state index is 0. The largest absolute Gasteiger partial charge is 0.679 e. The van der Waals surface area contributed by atoms with Crippen molar-refractivity contribution >= 4 is 11.9 Å². The van der Waals surface area contributed by atoms with E-state index in [0.717, 1.165) is 0 Å². The van der Waals surface area contributed by atoms with E-state index in [1.54, 1.807) is 0 Å². The monoisotopic (exact) mass is 255 g/mol. The minimum Gasteiger partial charge on any atom is -0.679 e. The van der Waals surface area contributed by atoms with Crippen molar-refractivity contribution in [2.45, 2.75) is 0 Å². The molecule has 0 saturated carbocycles. The fourth-order valence-corrected chi connectivity index (χ4v) is 0. The molecule has 0 spiro atoms. The molecule has 7 heteroatoms. The fourth-order valence-electron chi connectivity index (χ4n) is 0. The maximum absolute atomic E-state index is 9.10. The first-order chi connectivity index (χ1) is 4.56. The summed E-state index contributed by atoms with van der Waals surface area (Å²) in [6.07, 6.45) is 0. The van der Waals surface area contributed by atoms with Crippen LogP contribution in [0.15, 0.2) is 0 Å². The van der Waals surface area contributed by atoms with Crippen LogP contribution < -0.4 is 0 Å². The van der Waals surface area contributed by atoms with E-state index in [-0.39, 0.29) is 35.5 Å². The first-order valence-corrected chi connectivity index (χ1v) is 2.31. The number of rotatable bonds is 1. The molecule has 11 heavy (non-hydrogen) atoms. The molecule has 0 aromatic carbocycles. The molecule has 71 valence electrons. The van der Waals surface area contributed by atoms with Gasteiger partial charge in [0.05, 0.1) is 0 Å². The predicted octanol–water partition coefficient (Wildman–Crippen LogP) is 0.244. The molecule has 0 bridgehead atoms. The van der Waals surface area contributed by atoms with Crippen LogP contribution in [-0.2, 0) is 32.0 Å². The van der Waals surface area contributed by atoms with Crippen LogP contribution in [0.5, 0.6) is 0 Å². The summed E-state index contributed by atoms with van der Waals surface area (Å²) in [6, 6.07) is 0. The summed E-state index contributed by atoms with van der Waals surface area (Å²) in [5, 5.41) is 14.8. The summed E-state index contributed by atoms with van der Waals surface area (Å²) in [4.78, 5) is 18.2. The second-order valence-corrected chi connectivity index (χ2v) is 1.11. The van der Waals surface area contributed by atoms with Gasteiger partial charge in [0.1, 0.15) is 0 Å². The van der Waals surface area contributed by atoms with Gasteiger partial charge in [-0.05, 0) is 0 Å². The second-order valence-electron chi connectivity index (χ2n) is 1.11. The number of nitrogens with one attached hydrogen (secondary N) is 2. The Morgan fingerprint density at radius 1 is 1.00 bits per heavy atom. The van der Waals surface area contributed by atoms with Gasteiger partial charge in [0.15, 0.2) is 0 Å². The Labute approximate surface area is 79.1 Å². The van der Waals surface area contributed by atoms with Crippen molar-refractivity contribution < 1.29 is 42.2 Å². The van der Waals surface area contributed by atoms with E-state index >= 15 is 0 Å². The van der Waals surface area contributed by atoms with Crippen molar-refractivity contribution in [3.05, 3.63) is 11.5 Å². The molecule has 0 saturated heterocycles. The molecular weight excluding hydrogens is 248 g/mol. The number of carboxylic acid groups (broad SMARTS) is 2. The third-order valence-electron chi connectivity index (χ3n) is 0.308. The molecule has 1 radical (unpaired) electrons. The van der Waals surface area contributed by atoms with Gasteiger partial charge in [-0.3, -0.25) is 0 Å². The van der Waals surface area contributed by atoms with Gasteiger partial charge in [-0.15, -0.1) is 0 Å². The molecule has 0 unspecified atom stereocenters. The third-order valence-corrected chi connectivity index (χ3v) is 0.308. The maximum atomic E-state index is 9.10. The Morgan fingerprint density at radius 2 is 1.18 bits per heavy atom. The normalized spacial score (nSPS) is 6.73. The first kappa shape index (κ1) is 16.9. The molecule has 6 nitrogen and oxygen atoms in total. The van der Waals surface area contributed by atoms with Crippen LogP contribution in [0.3, 0.4) is 0 Å². The molecule has 0 aromatic heterocycles. The Morgan fingerprint density at radius 3 is 1.18 bits per heavy atom. The van der Waals surface area contributed by atoms with Gasteiger partial charge in [-0.25, -0.2) is 9.59 Å². The Bertz CT molecular complexity index is 105. The van der Waals surface area contributed by atoms with Crippen molar-refractivity contribution in [2.24, 2.45) is 0 Å². The van der Waals surface area contributed by atoms with E-state index in [2.05, 4.69) is 0 Å². The average molecular weight is 256 g/mol. The molecule has 0 rings (SSSR count). The summed E-state index contributed by atoms with van der Waals surface area (Å²) in [5.74, 6) is -3.65. The molecule has 0 amide bonds. The summed E-state index contributed by atoms with van der Waals surface area (Å²) in [7, 11) is 0. The van der Waals surface area contributed by atoms with Crippen LogP contribution in [0.2, 0.25) is 0 Å². The van der Waals surface area contributed by atoms with Gasteiger partial charge in [-0.2, -0.15) is 13.1 Å². The van der Waals surface area contributed by atoms with Crippen molar-refractivity contribution in [1.29, 1.82) is 0 Å². The number of carboxylic acids is 2. The quantitative estimate of drug-likeness (QED) is 0.515. The molecule has 0 fully saturated rings. The predicted molar refractivity (Wildman–Crippen MR) is 33.6 cm³/mol. The van der Waals surface area contributed by atoms with Gasteiger partial charge in [0, 0.05) is 22.4 Å². The fraction of sp³-hybridized carbons (Fsp3) is 0.500. The zero-order chi connectivity index (χ0) is 8.57.